The van der Waals surface area contributed by atoms with E-state index in [0.717, 1.165) is 4.31 Å². The number of aryl methyl sites for hydroxylation is 2. The van der Waals surface area contributed by atoms with Crippen LogP contribution < -0.4 is 19.1 Å². The van der Waals surface area contributed by atoms with E-state index in [1.807, 2.05) is 0 Å². The summed E-state index contributed by atoms with van der Waals surface area (Å²) in [5, 5.41) is 2.98. The summed E-state index contributed by atoms with van der Waals surface area (Å²) < 4.78 is 62.0. The molecule has 2 N–H and O–H groups in total. The van der Waals surface area contributed by atoms with Crippen LogP contribution in [-0.2, 0) is 24.8 Å². The predicted molar refractivity (Wildman–Crippen MR) is 161 cm³/mol. The summed E-state index contributed by atoms with van der Waals surface area (Å²) >= 11 is 5.95. The minimum atomic E-state index is -4.23. The van der Waals surface area contributed by atoms with Crippen LogP contribution in [0.25, 0.3) is 0 Å². The number of aromatic nitrogens is 2. The lowest BCUT2D eigenvalue weighted by atomic mass is 10.3. The Balaban J connectivity index is 1.57. The van der Waals surface area contributed by atoms with Crippen molar-refractivity contribution < 1.29 is 26.4 Å². The number of nitrogens with one attached hydrogen (secondary N) is 2. The van der Waals surface area contributed by atoms with E-state index in [1.165, 1.54) is 54.6 Å². The molecule has 0 bridgehead atoms. The van der Waals surface area contributed by atoms with Crippen molar-refractivity contribution in [1.82, 2.24) is 9.97 Å². The van der Waals surface area contributed by atoms with Gasteiger partial charge in [0.1, 0.15) is 12.3 Å². The number of sulfonamides is 2. The number of anilines is 3. The first-order chi connectivity index (χ1) is 19.9. The van der Waals surface area contributed by atoms with Crippen LogP contribution in [0.2, 0.25) is 5.02 Å². The molecule has 1 heterocycles. The van der Waals surface area contributed by atoms with Crippen LogP contribution in [0.1, 0.15) is 18.3 Å². The van der Waals surface area contributed by atoms with Crippen LogP contribution in [0, 0.1) is 13.8 Å². The Bertz CT molecular complexity index is 1780. The number of carbonyl (C=O) groups excluding carboxylic acids is 1. The lowest BCUT2D eigenvalue weighted by molar-refractivity contribution is -0.114. The zero-order chi connectivity index (χ0) is 30.5. The van der Waals surface area contributed by atoms with Crippen LogP contribution in [0.3, 0.4) is 0 Å². The quantitative estimate of drug-likeness (QED) is 0.241. The highest BCUT2D eigenvalue weighted by Gasteiger charge is 2.29. The van der Waals surface area contributed by atoms with Crippen LogP contribution in [0.4, 0.5) is 17.3 Å². The molecule has 0 spiro atoms. The van der Waals surface area contributed by atoms with Gasteiger partial charge in [-0.1, -0.05) is 23.7 Å². The van der Waals surface area contributed by atoms with Gasteiger partial charge in [-0.2, -0.15) is 0 Å². The summed E-state index contributed by atoms with van der Waals surface area (Å²) in [6, 6.07) is 19.2. The van der Waals surface area contributed by atoms with Crippen LogP contribution >= 0.6 is 11.6 Å². The first-order valence-electron chi connectivity index (χ1n) is 12.6. The van der Waals surface area contributed by atoms with E-state index in [0.29, 0.717) is 16.4 Å². The van der Waals surface area contributed by atoms with Crippen molar-refractivity contribution in [2.24, 2.45) is 0 Å². The monoisotopic (exact) mass is 629 g/mol. The van der Waals surface area contributed by atoms with Gasteiger partial charge in [-0.3, -0.25) is 9.10 Å². The van der Waals surface area contributed by atoms with E-state index in [9.17, 15) is 21.6 Å². The molecule has 14 heteroatoms. The summed E-state index contributed by atoms with van der Waals surface area (Å²) in [4.78, 5) is 21.2. The van der Waals surface area contributed by atoms with Gasteiger partial charge in [0.25, 0.3) is 20.0 Å². The lowest BCUT2D eigenvalue weighted by Gasteiger charge is -2.26. The zero-order valence-corrected chi connectivity index (χ0v) is 25.3. The fraction of sp³-hybridized carbons (Fsp3) is 0.179. The molecule has 0 atom stereocenters. The van der Waals surface area contributed by atoms with Crippen molar-refractivity contribution in [3.05, 3.63) is 95.3 Å². The number of hydrogen-bond acceptors (Lipinski definition) is 8. The molecular weight excluding hydrogens is 602 g/mol. The normalized spacial score (nSPS) is 11.5. The zero-order valence-electron chi connectivity index (χ0n) is 22.9. The summed E-state index contributed by atoms with van der Waals surface area (Å²) in [6.07, 6.45) is 0. The number of carbonyl (C=O) groups is 1. The molecule has 0 saturated heterocycles. The van der Waals surface area contributed by atoms with Gasteiger partial charge >= 0.3 is 0 Å². The molecule has 0 fully saturated rings. The molecule has 11 nitrogen and oxygen atoms in total. The van der Waals surface area contributed by atoms with Gasteiger partial charge < -0.3 is 10.1 Å². The van der Waals surface area contributed by atoms with Gasteiger partial charge in [-0.15, -0.1) is 0 Å². The second-order valence-electron chi connectivity index (χ2n) is 9.02. The van der Waals surface area contributed by atoms with Crippen LogP contribution in [-0.4, -0.2) is 45.9 Å². The number of amides is 1. The molecule has 3 aromatic carbocycles. The molecular formula is C28H28ClN5O6S2. The van der Waals surface area contributed by atoms with Gasteiger partial charge in [0.05, 0.1) is 22.1 Å². The predicted octanol–water partition coefficient (Wildman–Crippen LogP) is 4.78. The van der Waals surface area contributed by atoms with E-state index >= 15 is 0 Å². The fourth-order valence-corrected chi connectivity index (χ4v) is 6.47. The summed E-state index contributed by atoms with van der Waals surface area (Å²) in [5.74, 6) is -0.449. The molecule has 1 aromatic heterocycles. The Morgan fingerprint density at radius 2 is 1.48 bits per heavy atom. The maximum absolute atomic E-state index is 13.7. The summed E-state index contributed by atoms with van der Waals surface area (Å²) in [5.41, 5.74) is 1.64. The number of rotatable bonds is 11. The molecule has 0 aliphatic heterocycles. The maximum atomic E-state index is 13.7. The number of nitrogens with zero attached hydrogens (tertiary/aromatic N) is 3. The second-order valence-corrected chi connectivity index (χ2v) is 13.0. The van der Waals surface area contributed by atoms with Crippen molar-refractivity contribution >= 4 is 54.9 Å². The lowest BCUT2D eigenvalue weighted by Crippen LogP contribution is -2.38. The Labute approximate surface area is 249 Å². The van der Waals surface area contributed by atoms with Crippen molar-refractivity contribution in [3.63, 3.8) is 0 Å². The first kappa shape index (κ1) is 30.8. The largest absolute Gasteiger partial charge is 0.492 e. The molecule has 0 unspecified atom stereocenters. The second kappa shape index (κ2) is 12.8. The van der Waals surface area contributed by atoms with Crippen molar-refractivity contribution in [1.29, 1.82) is 0 Å². The van der Waals surface area contributed by atoms with Crippen LogP contribution in [0.5, 0.6) is 5.75 Å². The molecule has 4 rings (SSSR count). The Kier molecular flexibility index (Phi) is 9.34. The molecule has 0 aliphatic rings. The Morgan fingerprint density at radius 1 is 0.881 bits per heavy atom. The van der Waals surface area contributed by atoms with Gasteiger partial charge in [0.15, 0.2) is 0 Å². The van der Waals surface area contributed by atoms with Gasteiger partial charge in [-0.05, 0) is 87.5 Å². The Morgan fingerprint density at radius 3 is 2.10 bits per heavy atom. The van der Waals surface area contributed by atoms with E-state index < -0.39 is 32.5 Å². The van der Waals surface area contributed by atoms with E-state index in [4.69, 9.17) is 16.3 Å². The van der Waals surface area contributed by atoms with Crippen molar-refractivity contribution in [3.8, 4) is 5.75 Å². The first-order valence-corrected chi connectivity index (χ1v) is 15.9. The fourth-order valence-electron chi connectivity index (χ4n) is 3.97. The van der Waals surface area contributed by atoms with E-state index in [2.05, 4.69) is 20.0 Å². The highest BCUT2D eigenvalue weighted by Crippen LogP contribution is 2.33. The van der Waals surface area contributed by atoms with Crippen molar-refractivity contribution in [2.45, 2.75) is 30.6 Å². The average Bonchev–Trinajstić information content (AvgIpc) is 2.92. The number of benzene rings is 3. The molecule has 42 heavy (non-hydrogen) atoms. The number of hydrogen-bond donors (Lipinski definition) is 2. The van der Waals surface area contributed by atoms with Crippen molar-refractivity contribution in [2.75, 3.05) is 27.5 Å². The van der Waals surface area contributed by atoms with Crippen LogP contribution in [0.15, 0.2) is 88.7 Å². The SMILES string of the molecule is CCOc1ccccc1N(CC(=O)Nc1ccc(S(=O)(=O)Nc2nc(C)cc(C)n2)cc1)S(=O)(=O)c1ccc(Cl)cc1. The average molecular weight is 630 g/mol. The van der Waals surface area contributed by atoms with Gasteiger partial charge in [0, 0.05) is 22.1 Å². The Hall–Kier alpha value is -4.20. The molecule has 0 radical (unpaired) electrons. The standard InChI is InChI=1S/C28H28ClN5O6S2/c1-4-40-26-8-6-5-7-25(26)34(42(38,39)24-13-9-21(29)10-14-24)18-27(35)32-22-11-15-23(16-12-22)41(36,37)33-28-30-19(2)17-20(3)31-28/h5-17H,4,18H2,1-3H3,(H,32,35)(H,30,31,33). The highest BCUT2D eigenvalue weighted by molar-refractivity contribution is 7.93. The number of ether oxygens (including phenoxy) is 1. The highest BCUT2D eigenvalue weighted by atomic mass is 35.5. The molecule has 4 aromatic rings. The molecule has 0 aliphatic carbocycles. The maximum Gasteiger partial charge on any atom is 0.264 e. The molecule has 0 saturated carbocycles. The van der Waals surface area contributed by atoms with Gasteiger partial charge in [-0.25, -0.2) is 31.5 Å². The summed E-state index contributed by atoms with van der Waals surface area (Å²) in [7, 11) is -8.24. The smallest absolute Gasteiger partial charge is 0.264 e. The third-order valence-corrected chi connectivity index (χ3v) is 9.15. The number of halogens is 1. The summed E-state index contributed by atoms with van der Waals surface area (Å²) in [6.45, 7) is 4.89. The molecule has 220 valence electrons. The van der Waals surface area contributed by atoms with E-state index in [-0.39, 0.29) is 39.5 Å². The third-order valence-electron chi connectivity index (χ3n) is 5.78. The topological polar surface area (TPSA) is 148 Å². The van der Waals surface area contributed by atoms with E-state index in [1.54, 1.807) is 45.0 Å². The van der Waals surface area contributed by atoms with Gasteiger partial charge in [0.2, 0.25) is 11.9 Å². The third kappa shape index (κ3) is 7.35. The minimum Gasteiger partial charge on any atom is -0.492 e. The minimum absolute atomic E-state index is 0.0563. The number of para-hydroxylation sites is 2. The molecule has 1 amide bonds.